The van der Waals surface area contributed by atoms with Gasteiger partial charge < -0.3 is 9.47 Å². The highest BCUT2D eigenvalue weighted by Gasteiger charge is 2.25. The minimum atomic E-state index is -0.426. The van der Waals surface area contributed by atoms with Gasteiger partial charge in [-0.05, 0) is 0 Å². The highest BCUT2D eigenvalue weighted by atomic mass is 17.4. The van der Waals surface area contributed by atoms with Gasteiger partial charge in [-0.2, -0.15) is 9.78 Å². The van der Waals surface area contributed by atoms with Crippen LogP contribution in [-0.4, -0.2) is 26.8 Å². The quantitative estimate of drug-likeness (QED) is 0.295. The molecule has 0 N–H and O–H groups in total. The minimum absolute atomic E-state index is 0.426. The second-order valence-electron chi connectivity index (χ2n) is 1.34. The summed E-state index contributed by atoms with van der Waals surface area (Å²) in [5, 5.41) is 0. The summed E-state index contributed by atoms with van der Waals surface area (Å²) < 4.78 is 9.51. The molecule has 0 aromatic heterocycles. The summed E-state index contributed by atoms with van der Waals surface area (Å²) in [6.07, 6.45) is 0. The van der Waals surface area contributed by atoms with E-state index in [9.17, 15) is 0 Å². The lowest BCUT2D eigenvalue weighted by atomic mass is 10.8. The van der Waals surface area contributed by atoms with Crippen molar-refractivity contribution in [3.05, 3.63) is 0 Å². The molecule has 8 heavy (non-hydrogen) atoms. The van der Waals surface area contributed by atoms with Gasteiger partial charge in [0.05, 0.1) is 13.2 Å². The zero-order valence-electron chi connectivity index (χ0n) is 4.62. The molecule has 0 atom stereocenters. The number of methoxy groups -OCH3 is 1. The van der Waals surface area contributed by atoms with Crippen LogP contribution in [0.5, 0.6) is 0 Å². The van der Waals surface area contributed by atoms with Crippen LogP contribution in [0.4, 0.5) is 0 Å². The predicted molar refractivity (Wildman–Crippen MR) is 23.8 cm³/mol. The van der Waals surface area contributed by atoms with Gasteiger partial charge in [-0.3, -0.25) is 0 Å². The Kier molecular flexibility index (Phi) is 2.23. The lowest BCUT2D eigenvalue weighted by Gasteiger charge is -1.93. The molecular weight excluding hydrogens is 112 g/mol. The summed E-state index contributed by atoms with van der Waals surface area (Å²) in [6.45, 7) is 0.662. The molecule has 0 spiro atoms. The molecule has 0 aromatic carbocycles. The standard InChI is InChI=1S/C4H8O4/c1-5-2-3-6-4-7-8-4/h4H,2-3H2,1H3. The van der Waals surface area contributed by atoms with E-state index in [0.29, 0.717) is 13.2 Å². The number of hydrogen-bond donors (Lipinski definition) is 0. The maximum atomic E-state index is 4.82. The highest BCUT2D eigenvalue weighted by Crippen LogP contribution is 2.11. The van der Waals surface area contributed by atoms with Gasteiger partial charge in [-0.1, -0.05) is 0 Å². The van der Waals surface area contributed by atoms with E-state index in [1.165, 1.54) is 0 Å². The zero-order chi connectivity index (χ0) is 5.82. The van der Waals surface area contributed by atoms with E-state index in [1.54, 1.807) is 7.11 Å². The predicted octanol–water partition coefficient (Wildman–Crippen LogP) is -0.105. The van der Waals surface area contributed by atoms with Gasteiger partial charge in [0.15, 0.2) is 0 Å². The van der Waals surface area contributed by atoms with Gasteiger partial charge in [0, 0.05) is 7.11 Å². The van der Waals surface area contributed by atoms with Gasteiger partial charge in [0.25, 0.3) is 0 Å². The molecule has 0 saturated carbocycles. The van der Waals surface area contributed by atoms with Gasteiger partial charge in [0.2, 0.25) is 0 Å². The Hall–Kier alpha value is -0.160. The third-order valence-electron chi connectivity index (χ3n) is 0.716. The topological polar surface area (TPSA) is 43.5 Å². The summed E-state index contributed by atoms with van der Waals surface area (Å²) in [7, 11) is 1.61. The molecule has 4 nitrogen and oxygen atoms in total. The Balaban J connectivity index is 1.74. The van der Waals surface area contributed by atoms with Crippen LogP contribution in [0.15, 0.2) is 0 Å². The maximum absolute atomic E-state index is 4.82. The molecule has 0 radical (unpaired) electrons. The van der Waals surface area contributed by atoms with Crippen LogP contribution in [0.1, 0.15) is 0 Å². The van der Waals surface area contributed by atoms with Crippen LogP contribution in [0.3, 0.4) is 0 Å². The molecule has 48 valence electrons. The van der Waals surface area contributed by atoms with Crippen molar-refractivity contribution in [2.75, 3.05) is 20.3 Å². The Labute approximate surface area is 47.2 Å². The van der Waals surface area contributed by atoms with Gasteiger partial charge in [-0.15, -0.1) is 0 Å². The Morgan fingerprint density at radius 2 is 2.12 bits per heavy atom. The van der Waals surface area contributed by atoms with Crippen LogP contribution < -0.4 is 0 Å². The first-order chi connectivity index (χ1) is 3.93. The second-order valence-corrected chi connectivity index (χ2v) is 1.34. The van der Waals surface area contributed by atoms with Crippen LogP contribution in [-0.2, 0) is 19.2 Å². The van der Waals surface area contributed by atoms with Crippen LogP contribution in [0.2, 0.25) is 0 Å². The molecule has 0 bridgehead atoms. The first kappa shape index (κ1) is 5.97. The van der Waals surface area contributed by atoms with Crippen molar-refractivity contribution < 1.29 is 19.2 Å². The monoisotopic (exact) mass is 120 g/mol. The fraction of sp³-hybridized carbons (Fsp3) is 1.00. The van der Waals surface area contributed by atoms with Crippen molar-refractivity contribution in [3.63, 3.8) is 0 Å². The Morgan fingerprint density at radius 3 is 2.62 bits per heavy atom. The number of hydrogen-bond acceptors (Lipinski definition) is 4. The first-order valence-corrected chi connectivity index (χ1v) is 2.36. The van der Waals surface area contributed by atoms with E-state index in [-0.39, 0.29) is 0 Å². The molecule has 0 aliphatic carbocycles. The largest absolute Gasteiger partial charge is 0.382 e. The van der Waals surface area contributed by atoms with E-state index < -0.39 is 6.48 Å². The van der Waals surface area contributed by atoms with Crippen molar-refractivity contribution in [3.8, 4) is 0 Å². The van der Waals surface area contributed by atoms with Gasteiger partial charge in [-0.25, -0.2) is 0 Å². The van der Waals surface area contributed by atoms with Crippen LogP contribution in [0.25, 0.3) is 0 Å². The van der Waals surface area contributed by atoms with Crippen molar-refractivity contribution >= 4 is 0 Å². The lowest BCUT2D eigenvalue weighted by molar-refractivity contribution is 0.0128. The molecule has 1 aliphatic rings. The van der Waals surface area contributed by atoms with Crippen molar-refractivity contribution in [1.29, 1.82) is 0 Å². The second kappa shape index (κ2) is 2.99. The smallest absolute Gasteiger partial charge is 0.329 e. The maximum Gasteiger partial charge on any atom is 0.329 e. The summed E-state index contributed by atoms with van der Waals surface area (Å²) in [5.74, 6) is 0. The Bertz CT molecular complexity index is 61.1. The molecule has 1 aliphatic heterocycles. The van der Waals surface area contributed by atoms with Crippen LogP contribution >= 0.6 is 0 Å². The fourth-order valence-corrected chi connectivity index (χ4v) is 0.306. The normalized spacial score (nSPS) is 19.1. The summed E-state index contributed by atoms with van der Waals surface area (Å²) in [4.78, 5) is 8.55. The van der Waals surface area contributed by atoms with E-state index in [0.717, 1.165) is 0 Å². The SMILES string of the molecule is COCCOC1OO1. The average molecular weight is 120 g/mol. The third kappa shape index (κ3) is 2.23. The van der Waals surface area contributed by atoms with Crippen molar-refractivity contribution in [2.24, 2.45) is 0 Å². The molecule has 1 fully saturated rings. The van der Waals surface area contributed by atoms with E-state index >= 15 is 0 Å². The molecule has 4 heteroatoms. The Morgan fingerprint density at radius 1 is 1.38 bits per heavy atom. The molecule has 0 unspecified atom stereocenters. The van der Waals surface area contributed by atoms with E-state index in [2.05, 4.69) is 14.5 Å². The van der Waals surface area contributed by atoms with Gasteiger partial charge in [0.1, 0.15) is 0 Å². The van der Waals surface area contributed by atoms with Gasteiger partial charge >= 0.3 is 6.48 Å². The summed E-state index contributed by atoms with van der Waals surface area (Å²) in [6, 6.07) is 0. The lowest BCUT2D eigenvalue weighted by Crippen LogP contribution is -2.02. The molecule has 1 saturated heterocycles. The van der Waals surface area contributed by atoms with Crippen LogP contribution in [0, 0.1) is 0 Å². The van der Waals surface area contributed by atoms with E-state index in [4.69, 9.17) is 4.74 Å². The van der Waals surface area contributed by atoms with E-state index in [1.807, 2.05) is 0 Å². The first-order valence-electron chi connectivity index (χ1n) is 2.36. The molecule has 1 heterocycles. The molecule has 0 amide bonds. The number of rotatable bonds is 4. The van der Waals surface area contributed by atoms with Crippen molar-refractivity contribution in [2.45, 2.75) is 6.48 Å². The zero-order valence-corrected chi connectivity index (χ0v) is 4.62. The third-order valence-corrected chi connectivity index (χ3v) is 0.716. The average Bonchev–Trinajstić information content (AvgIpc) is 2.51. The highest BCUT2D eigenvalue weighted by molar-refractivity contribution is 4.28. The van der Waals surface area contributed by atoms with Crippen molar-refractivity contribution in [1.82, 2.24) is 0 Å². The molecular formula is C4H8O4. The number of ether oxygens (including phenoxy) is 2. The molecule has 0 aromatic rings. The molecule has 1 rings (SSSR count). The summed E-state index contributed by atoms with van der Waals surface area (Å²) >= 11 is 0. The fourth-order valence-electron chi connectivity index (χ4n) is 0.306. The minimum Gasteiger partial charge on any atom is -0.382 e. The summed E-state index contributed by atoms with van der Waals surface area (Å²) in [5.41, 5.74) is 0.